The van der Waals surface area contributed by atoms with Gasteiger partial charge in [-0.05, 0) is 44.0 Å². The Morgan fingerprint density at radius 1 is 0.929 bits per heavy atom. The summed E-state index contributed by atoms with van der Waals surface area (Å²) in [4.78, 5) is 4.44. The van der Waals surface area contributed by atoms with Crippen LogP contribution < -0.4 is 15.4 Å². The number of halogens is 1. The van der Waals surface area contributed by atoms with E-state index in [2.05, 4.69) is 52.4 Å². The van der Waals surface area contributed by atoms with Gasteiger partial charge in [-0.15, -0.1) is 24.0 Å². The first kappa shape index (κ1) is 24.4. The van der Waals surface area contributed by atoms with Gasteiger partial charge in [-0.25, -0.2) is 13.1 Å². The first-order valence-corrected chi connectivity index (χ1v) is 10.4. The molecule has 2 rings (SSSR count). The lowest BCUT2D eigenvalue weighted by atomic mass is 10.1. The van der Waals surface area contributed by atoms with Crippen molar-refractivity contribution < 1.29 is 8.42 Å². The molecule has 0 amide bonds. The van der Waals surface area contributed by atoms with Crippen molar-refractivity contribution in [3.63, 3.8) is 0 Å². The summed E-state index contributed by atoms with van der Waals surface area (Å²) in [6.45, 7) is 7.42. The molecule has 0 fully saturated rings. The quantitative estimate of drug-likeness (QED) is 0.229. The zero-order valence-electron chi connectivity index (χ0n) is 16.7. The molecule has 0 bridgehead atoms. The van der Waals surface area contributed by atoms with E-state index in [0.29, 0.717) is 19.0 Å². The van der Waals surface area contributed by atoms with Gasteiger partial charge in [-0.1, -0.05) is 41.5 Å². The van der Waals surface area contributed by atoms with Gasteiger partial charge in [0.1, 0.15) is 0 Å². The monoisotopic (exact) mass is 516 g/mol. The van der Waals surface area contributed by atoms with Crippen molar-refractivity contribution >= 4 is 40.0 Å². The Morgan fingerprint density at radius 2 is 1.57 bits per heavy atom. The van der Waals surface area contributed by atoms with Crippen LogP contribution in [0.15, 0.2) is 52.4 Å². The zero-order valence-corrected chi connectivity index (χ0v) is 19.9. The van der Waals surface area contributed by atoms with Gasteiger partial charge in [0.15, 0.2) is 5.96 Å². The van der Waals surface area contributed by atoms with Gasteiger partial charge in [-0.2, -0.15) is 0 Å². The summed E-state index contributed by atoms with van der Waals surface area (Å²) in [5, 5.41) is 6.36. The molecule has 6 nitrogen and oxygen atoms in total. The van der Waals surface area contributed by atoms with Crippen LogP contribution in [-0.2, 0) is 16.6 Å². The summed E-state index contributed by atoms with van der Waals surface area (Å²) >= 11 is 0. The van der Waals surface area contributed by atoms with Gasteiger partial charge in [0.05, 0.1) is 4.90 Å². The molecule has 0 aliphatic carbocycles. The van der Waals surface area contributed by atoms with E-state index in [9.17, 15) is 8.42 Å². The van der Waals surface area contributed by atoms with E-state index in [1.54, 1.807) is 31.3 Å². The molecule has 28 heavy (non-hydrogen) atoms. The summed E-state index contributed by atoms with van der Waals surface area (Å²) < 4.78 is 27.1. The molecule has 0 heterocycles. The minimum absolute atomic E-state index is 0. The van der Waals surface area contributed by atoms with Crippen molar-refractivity contribution in [1.29, 1.82) is 0 Å². The second-order valence-corrected chi connectivity index (χ2v) is 8.26. The predicted molar refractivity (Wildman–Crippen MR) is 126 cm³/mol. The van der Waals surface area contributed by atoms with Crippen LogP contribution in [0, 0.1) is 20.8 Å². The molecule has 0 spiro atoms. The number of aliphatic imine (C=N–C) groups is 1. The summed E-state index contributed by atoms with van der Waals surface area (Å²) in [6.07, 6.45) is 0. The third-order valence-electron chi connectivity index (χ3n) is 4.21. The molecule has 0 aliphatic heterocycles. The number of nitrogens with one attached hydrogen (secondary N) is 3. The van der Waals surface area contributed by atoms with Crippen molar-refractivity contribution in [1.82, 2.24) is 15.4 Å². The highest BCUT2D eigenvalue weighted by atomic mass is 127. The van der Waals surface area contributed by atoms with Crippen molar-refractivity contribution in [3.8, 4) is 0 Å². The van der Waals surface area contributed by atoms with E-state index >= 15 is 0 Å². The van der Waals surface area contributed by atoms with E-state index in [1.807, 2.05) is 6.92 Å². The molecule has 0 saturated heterocycles. The Labute approximate surface area is 185 Å². The van der Waals surface area contributed by atoms with Crippen LogP contribution in [0.25, 0.3) is 0 Å². The molecule has 0 saturated carbocycles. The molecular weight excluding hydrogens is 487 g/mol. The molecule has 0 unspecified atom stereocenters. The van der Waals surface area contributed by atoms with Gasteiger partial charge in [0.2, 0.25) is 10.0 Å². The molecule has 3 N–H and O–H groups in total. The molecule has 8 heteroatoms. The Bertz CT molecular complexity index is 897. The Morgan fingerprint density at radius 3 is 2.18 bits per heavy atom. The highest BCUT2D eigenvalue weighted by molar-refractivity contribution is 14.0. The number of hydrogen-bond donors (Lipinski definition) is 3. The highest BCUT2D eigenvalue weighted by Gasteiger charge is 2.12. The van der Waals surface area contributed by atoms with Crippen molar-refractivity contribution in [2.75, 3.05) is 20.1 Å². The van der Waals surface area contributed by atoms with Crippen molar-refractivity contribution in [2.24, 2.45) is 4.99 Å². The maximum atomic E-state index is 12.2. The summed E-state index contributed by atoms with van der Waals surface area (Å²) in [7, 11) is -1.81. The van der Waals surface area contributed by atoms with Gasteiger partial charge in [-0.3, -0.25) is 4.99 Å². The van der Waals surface area contributed by atoms with Gasteiger partial charge in [0.25, 0.3) is 0 Å². The third-order valence-corrected chi connectivity index (χ3v) is 5.69. The lowest BCUT2D eigenvalue weighted by molar-refractivity contribution is 0.580. The first-order chi connectivity index (χ1) is 12.8. The average molecular weight is 516 g/mol. The normalized spacial score (nSPS) is 11.6. The summed E-state index contributed by atoms with van der Waals surface area (Å²) in [5.41, 5.74) is 4.68. The molecule has 154 valence electrons. The minimum atomic E-state index is -3.50. The maximum absolute atomic E-state index is 12.2. The smallest absolute Gasteiger partial charge is 0.240 e. The van der Waals surface area contributed by atoms with Crippen LogP contribution in [0.4, 0.5) is 0 Å². The largest absolute Gasteiger partial charge is 0.355 e. The van der Waals surface area contributed by atoms with E-state index in [1.165, 1.54) is 16.7 Å². The standard InChI is InChI=1S/C20H28N4O2S.HI/c1-15-6-9-19(10-7-15)27(25,26)24-12-11-22-20(21-4)23-14-18-8-5-16(2)13-17(18)3;/h5-10,13,24H,11-12,14H2,1-4H3,(H2,21,22,23);1H. The summed E-state index contributed by atoms with van der Waals surface area (Å²) in [6, 6.07) is 13.1. The van der Waals surface area contributed by atoms with Gasteiger partial charge >= 0.3 is 0 Å². The Hall–Kier alpha value is -1.65. The lowest BCUT2D eigenvalue weighted by Gasteiger charge is -2.14. The number of sulfonamides is 1. The fourth-order valence-corrected chi connectivity index (χ4v) is 3.64. The number of aryl methyl sites for hydroxylation is 3. The van der Waals surface area contributed by atoms with Gasteiger partial charge < -0.3 is 10.6 Å². The van der Waals surface area contributed by atoms with Crippen LogP contribution >= 0.6 is 24.0 Å². The van der Waals surface area contributed by atoms with E-state index < -0.39 is 10.0 Å². The van der Waals surface area contributed by atoms with Crippen molar-refractivity contribution in [3.05, 3.63) is 64.7 Å². The zero-order chi connectivity index (χ0) is 19.9. The number of guanidine groups is 1. The first-order valence-electron chi connectivity index (χ1n) is 8.89. The van der Waals surface area contributed by atoms with Gasteiger partial charge in [0, 0.05) is 26.7 Å². The number of rotatable bonds is 7. The molecular formula is C20H29IN4O2S. The SMILES string of the molecule is CN=C(NCCNS(=O)(=O)c1ccc(C)cc1)NCc1ccc(C)cc1C.I. The van der Waals surface area contributed by atoms with Crippen LogP contribution in [0.1, 0.15) is 22.3 Å². The van der Waals surface area contributed by atoms with Crippen LogP contribution in [0.2, 0.25) is 0 Å². The summed E-state index contributed by atoms with van der Waals surface area (Å²) in [5.74, 6) is 0.629. The molecule has 0 radical (unpaired) electrons. The molecule has 0 aliphatic rings. The molecule has 2 aromatic rings. The fraction of sp³-hybridized carbons (Fsp3) is 0.350. The second-order valence-electron chi connectivity index (χ2n) is 6.49. The van der Waals surface area contributed by atoms with Crippen LogP contribution in [0.5, 0.6) is 0 Å². The highest BCUT2D eigenvalue weighted by Crippen LogP contribution is 2.10. The minimum Gasteiger partial charge on any atom is -0.355 e. The Kier molecular flexibility index (Phi) is 9.91. The number of benzene rings is 2. The second kappa shape index (κ2) is 11.4. The predicted octanol–water partition coefficient (Wildman–Crippen LogP) is 2.87. The molecule has 2 aromatic carbocycles. The van der Waals surface area contributed by atoms with Crippen LogP contribution in [0.3, 0.4) is 0 Å². The van der Waals surface area contributed by atoms with Crippen molar-refractivity contribution in [2.45, 2.75) is 32.2 Å². The Balaban J connectivity index is 0.00000392. The topological polar surface area (TPSA) is 82.6 Å². The van der Waals surface area contributed by atoms with E-state index in [4.69, 9.17) is 0 Å². The fourth-order valence-electron chi connectivity index (χ4n) is 2.61. The molecule has 0 aromatic heterocycles. The number of nitrogens with zero attached hydrogens (tertiary/aromatic N) is 1. The van der Waals surface area contributed by atoms with E-state index in [-0.39, 0.29) is 35.4 Å². The lowest BCUT2D eigenvalue weighted by Crippen LogP contribution is -2.41. The molecule has 0 atom stereocenters. The number of hydrogen-bond acceptors (Lipinski definition) is 3. The van der Waals surface area contributed by atoms with Crippen LogP contribution in [-0.4, -0.2) is 34.5 Å². The average Bonchev–Trinajstić information content (AvgIpc) is 2.63. The third kappa shape index (κ3) is 7.40. The van der Waals surface area contributed by atoms with E-state index in [0.717, 1.165) is 5.56 Å². The maximum Gasteiger partial charge on any atom is 0.240 e.